The number of ether oxygens (including phenoxy) is 1. The van der Waals surface area contributed by atoms with Gasteiger partial charge in [0.1, 0.15) is 12.1 Å². The van der Waals surface area contributed by atoms with Crippen LogP contribution in [0.1, 0.15) is 26.3 Å². The molecule has 0 radical (unpaired) electrons. The standard InChI is InChI=1S/C20H24N2O3/c1-20(2,3)25-19(24)21-14-18(23)22(17-12-8-5-9-13-17)15-16-10-6-4-7-11-16/h4-13H,14-15H2,1-3H3,(H,21,24). The number of hydrogen-bond donors (Lipinski definition) is 1. The second-order valence-corrected chi connectivity index (χ2v) is 6.66. The molecule has 5 nitrogen and oxygen atoms in total. The van der Waals surface area contributed by atoms with Gasteiger partial charge in [-0.15, -0.1) is 0 Å². The summed E-state index contributed by atoms with van der Waals surface area (Å²) in [7, 11) is 0. The summed E-state index contributed by atoms with van der Waals surface area (Å²) >= 11 is 0. The lowest BCUT2D eigenvalue weighted by Gasteiger charge is -2.24. The first-order chi connectivity index (χ1) is 11.8. The van der Waals surface area contributed by atoms with E-state index >= 15 is 0 Å². The maximum Gasteiger partial charge on any atom is 0.408 e. The zero-order valence-corrected chi connectivity index (χ0v) is 14.9. The number of carbonyl (C=O) groups excluding carboxylic acids is 2. The SMILES string of the molecule is CC(C)(C)OC(=O)NCC(=O)N(Cc1ccccc1)c1ccccc1. The van der Waals surface area contributed by atoms with E-state index in [1.807, 2.05) is 60.7 Å². The number of hydrogen-bond acceptors (Lipinski definition) is 3. The minimum Gasteiger partial charge on any atom is -0.444 e. The third-order valence-electron chi connectivity index (χ3n) is 3.34. The Morgan fingerprint density at radius 1 is 0.960 bits per heavy atom. The van der Waals surface area contributed by atoms with E-state index in [9.17, 15) is 9.59 Å². The third kappa shape index (κ3) is 6.30. The van der Waals surface area contributed by atoms with Crippen molar-refractivity contribution in [1.82, 2.24) is 5.32 Å². The van der Waals surface area contributed by atoms with Crippen LogP contribution in [-0.4, -0.2) is 24.1 Å². The summed E-state index contributed by atoms with van der Waals surface area (Å²) in [4.78, 5) is 26.1. The van der Waals surface area contributed by atoms with Crippen LogP contribution in [0.4, 0.5) is 10.5 Å². The summed E-state index contributed by atoms with van der Waals surface area (Å²) in [5, 5.41) is 2.52. The van der Waals surface area contributed by atoms with E-state index < -0.39 is 11.7 Å². The largest absolute Gasteiger partial charge is 0.444 e. The van der Waals surface area contributed by atoms with Gasteiger partial charge in [0.25, 0.3) is 0 Å². The molecule has 0 unspecified atom stereocenters. The first kappa shape index (κ1) is 18.5. The predicted octanol–water partition coefficient (Wildman–Crippen LogP) is 3.74. The Labute approximate surface area is 148 Å². The molecule has 25 heavy (non-hydrogen) atoms. The van der Waals surface area contributed by atoms with Crippen molar-refractivity contribution in [2.75, 3.05) is 11.4 Å². The van der Waals surface area contributed by atoms with Crippen molar-refractivity contribution in [3.05, 3.63) is 66.2 Å². The molecule has 2 amide bonds. The first-order valence-electron chi connectivity index (χ1n) is 8.21. The Balaban J connectivity index is 2.07. The molecule has 1 N–H and O–H groups in total. The van der Waals surface area contributed by atoms with Crippen LogP contribution >= 0.6 is 0 Å². The number of benzene rings is 2. The molecule has 0 aliphatic rings. The fourth-order valence-corrected chi connectivity index (χ4v) is 2.25. The number of amides is 2. The van der Waals surface area contributed by atoms with Gasteiger partial charge in [0, 0.05) is 5.69 Å². The minimum atomic E-state index is -0.603. The van der Waals surface area contributed by atoms with Crippen LogP contribution in [0.5, 0.6) is 0 Å². The first-order valence-corrected chi connectivity index (χ1v) is 8.21. The average molecular weight is 340 g/mol. The molecular formula is C20H24N2O3. The Bertz CT molecular complexity index is 694. The van der Waals surface area contributed by atoms with Crippen LogP contribution in [0.15, 0.2) is 60.7 Å². The minimum absolute atomic E-state index is 0.128. The fraction of sp³-hybridized carbons (Fsp3) is 0.300. The van der Waals surface area contributed by atoms with E-state index in [2.05, 4.69) is 5.32 Å². The molecule has 132 valence electrons. The van der Waals surface area contributed by atoms with Crippen molar-refractivity contribution in [1.29, 1.82) is 0 Å². The lowest BCUT2D eigenvalue weighted by atomic mass is 10.2. The average Bonchev–Trinajstić information content (AvgIpc) is 2.58. The van der Waals surface area contributed by atoms with Gasteiger partial charge in [0.2, 0.25) is 5.91 Å². The number of nitrogens with one attached hydrogen (secondary N) is 1. The van der Waals surface area contributed by atoms with Gasteiger partial charge >= 0.3 is 6.09 Å². The highest BCUT2D eigenvalue weighted by Gasteiger charge is 2.20. The zero-order chi connectivity index (χ0) is 18.3. The molecule has 0 aromatic heterocycles. The van der Waals surface area contributed by atoms with E-state index in [-0.39, 0.29) is 12.5 Å². The molecule has 0 saturated heterocycles. The summed E-state index contributed by atoms with van der Waals surface area (Å²) in [6.45, 7) is 5.64. The molecule has 5 heteroatoms. The number of nitrogens with zero attached hydrogens (tertiary/aromatic N) is 1. The van der Waals surface area contributed by atoms with Crippen LogP contribution < -0.4 is 10.2 Å². The summed E-state index contributed by atoms with van der Waals surface area (Å²) in [5.74, 6) is -0.207. The highest BCUT2D eigenvalue weighted by Crippen LogP contribution is 2.17. The quantitative estimate of drug-likeness (QED) is 0.902. The Hall–Kier alpha value is -2.82. The van der Waals surface area contributed by atoms with Gasteiger partial charge in [-0.05, 0) is 38.5 Å². The zero-order valence-electron chi connectivity index (χ0n) is 14.9. The van der Waals surface area contributed by atoms with E-state index in [0.717, 1.165) is 11.3 Å². The Morgan fingerprint density at radius 3 is 2.08 bits per heavy atom. The van der Waals surface area contributed by atoms with Crippen molar-refractivity contribution < 1.29 is 14.3 Å². The van der Waals surface area contributed by atoms with Crippen molar-refractivity contribution in [2.24, 2.45) is 0 Å². The van der Waals surface area contributed by atoms with Crippen LogP contribution in [-0.2, 0) is 16.1 Å². The Morgan fingerprint density at radius 2 is 1.52 bits per heavy atom. The maximum atomic E-state index is 12.7. The third-order valence-corrected chi connectivity index (χ3v) is 3.34. The van der Waals surface area contributed by atoms with E-state index in [4.69, 9.17) is 4.74 Å². The summed E-state index contributed by atoms with van der Waals surface area (Å²) in [6.07, 6.45) is -0.603. The normalized spacial score (nSPS) is 10.8. The summed E-state index contributed by atoms with van der Waals surface area (Å²) in [5.41, 5.74) is 1.19. The number of anilines is 1. The number of carbonyl (C=O) groups is 2. The van der Waals surface area contributed by atoms with Crippen molar-refractivity contribution in [3.63, 3.8) is 0 Å². The van der Waals surface area contributed by atoms with Gasteiger partial charge in [-0.3, -0.25) is 4.79 Å². The number of rotatable bonds is 5. The molecular weight excluding hydrogens is 316 g/mol. The van der Waals surface area contributed by atoms with E-state index in [1.165, 1.54) is 0 Å². The molecule has 0 heterocycles. The van der Waals surface area contributed by atoms with Gasteiger partial charge in [-0.2, -0.15) is 0 Å². The monoisotopic (exact) mass is 340 g/mol. The molecule has 0 atom stereocenters. The smallest absolute Gasteiger partial charge is 0.408 e. The number of para-hydroxylation sites is 1. The van der Waals surface area contributed by atoms with Crippen LogP contribution in [0.25, 0.3) is 0 Å². The van der Waals surface area contributed by atoms with Gasteiger partial charge < -0.3 is 15.0 Å². The molecule has 0 aliphatic carbocycles. The molecule has 2 aromatic rings. The summed E-state index contributed by atoms with van der Waals surface area (Å²) in [6, 6.07) is 19.1. The number of alkyl carbamates (subject to hydrolysis) is 1. The highest BCUT2D eigenvalue weighted by atomic mass is 16.6. The van der Waals surface area contributed by atoms with Gasteiger partial charge in [0.15, 0.2) is 0 Å². The van der Waals surface area contributed by atoms with Gasteiger partial charge in [-0.1, -0.05) is 48.5 Å². The van der Waals surface area contributed by atoms with Crippen LogP contribution in [0.3, 0.4) is 0 Å². The fourth-order valence-electron chi connectivity index (χ4n) is 2.25. The molecule has 2 aromatic carbocycles. The van der Waals surface area contributed by atoms with E-state index in [1.54, 1.807) is 25.7 Å². The van der Waals surface area contributed by atoms with Crippen LogP contribution in [0.2, 0.25) is 0 Å². The second-order valence-electron chi connectivity index (χ2n) is 6.66. The molecule has 0 spiro atoms. The molecule has 0 fully saturated rings. The molecule has 0 saturated carbocycles. The van der Waals surface area contributed by atoms with Crippen LogP contribution in [0, 0.1) is 0 Å². The second kappa shape index (κ2) is 8.33. The maximum absolute atomic E-state index is 12.7. The van der Waals surface area contributed by atoms with E-state index in [0.29, 0.717) is 6.54 Å². The lowest BCUT2D eigenvalue weighted by Crippen LogP contribution is -2.41. The Kier molecular flexibility index (Phi) is 6.17. The topological polar surface area (TPSA) is 58.6 Å². The van der Waals surface area contributed by atoms with Crippen molar-refractivity contribution >= 4 is 17.7 Å². The molecule has 2 rings (SSSR count). The molecule has 0 bridgehead atoms. The predicted molar refractivity (Wildman–Crippen MR) is 98.3 cm³/mol. The van der Waals surface area contributed by atoms with Gasteiger partial charge in [-0.25, -0.2) is 4.79 Å². The lowest BCUT2D eigenvalue weighted by molar-refractivity contribution is -0.118. The highest BCUT2D eigenvalue weighted by molar-refractivity contribution is 5.96. The molecule has 0 aliphatic heterocycles. The van der Waals surface area contributed by atoms with Crippen molar-refractivity contribution in [2.45, 2.75) is 32.9 Å². The summed E-state index contributed by atoms with van der Waals surface area (Å²) < 4.78 is 5.17. The van der Waals surface area contributed by atoms with Gasteiger partial charge in [0.05, 0.1) is 6.54 Å². The van der Waals surface area contributed by atoms with Crippen molar-refractivity contribution in [3.8, 4) is 0 Å².